The van der Waals surface area contributed by atoms with Crippen molar-refractivity contribution < 1.29 is 9.53 Å². The third-order valence-corrected chi connectivity index (χ3v) is 5.24. The molecule has 3 rings (SSSR count). The fourth-order valence-electron chi connectivity index (χ4n) is 3.51. The average Bonchev–Trinajstić information content (AvgIpc) is 2.68. The third kappa shape index (κ3) is 4.25. The molecule has 1 aliphatic rings. The lowest BCUT2D eigenvalue weighted by Gasteiger charge is -2.32. The van der Waals surface area contributed by atoms with E-state index in [4.69, 9.17) is 4.74 Å². The Labute approximate surface area is 156 Å². The van der Waals surface area contributed by atoms with E-state index < -0.39 is 0 Å². The zero-order valence-corrected chi connectivity index (χ0v) is 15.9. The Balaban J connectivity index is 1.60. The van der Waals surface area contributed by atoms with Crippen molar-refractivity contribution in [1.82, 2.24) is 4.90 Å². The van der Waals surface area contributed by atoms with Gasteiger partial charge in [0.25, 0.3) is 0 Å². The smallest absolute Gasteiger partial charge is 0.241 e. The Bertz CT molecular complexity index is 742. The highest BCUT2D eigenvalue weighted by molar-refractivity contribution is 5.95. The quantitative estimate of drug-likeness (QED) is 0.797. The van der Waals surface area contributed by atoms with Gasteiger partial charge in [-0.15, -0.1) is 0 Å². The van der Waals surface area contributed by atoms with Crippen molar-refractivity contribution in [3.63, 3.8) is 0 Å². The average molecular weight is 352 g/mol. The highest BCUT2D eigenvalue weighted by Gasteiger charge is 2.24. The molecular weight excluding hydrogens is 324 g/mol. The zero-order chi connectivity index (χ0) is 18.5. The molecule has 0 saturated heterocycles. The summed E-state index contributed by atoms with van der Waals surface area (Å²) in [6.45, 7) is 3.42. The number of likely N-dealkylation sites (N-methyl/N-ethyl adjacent to an activating group) is 1. The summed E-state index contributed by atoms with van der Waals surface area (Å²) in [4.78, 5) is 17.0. The van der Waals surface area contributed by atoms with E-state index in [0.717, 1.165) is 37.2 Å². The van der Waals surface area contributed by atoms with Crippen molar-refractivity contribution in [1.29, 1.82) is 0 Å². The molecule has 138 valence electrons. The first kappa shape index (κ1) is 18.5. The largest absolute Gasteiger partial charge is 0.497 e. The number of methoxy groups -OCH3 is 1. The van der Waals surface area contributed by atoms with Gasteiger partial charge in [0.15, 0.2) is 0 Å². The molecule has 0 fully saturated rings. The number of hydrogen-bond acceptors (Lipinski definition) is 3. The second-order valence-corrected chi connectivity index (χ2v) is 7.09. The summed E-state index contributed by atoms with van der Waals surface area (Å²) >= 11 is 0. The molecule has 0 bridgehead atoms. The SMILES string of the molecule is COc1ccc(CC(C)N(C)CC(=O)N2CCCc3ccccc32)cc1. The number of hydrogen-bond donors (Lipinski definition) is 0. The molecule has 26 heavy (non-hydrogen) atoms. The van der Waals surface area contributed by atoms with Crippen LogP contribution in [0.3, 0.4) is 0 Å². The second-order valence-electron chi connectivity index (χ2n) is 7.09. The van der Waals surface area contributed by atoms with Crippen LogP contribution in [-0.4, -0.2) is 44.1 Å². The number of carbonyl (C=O) groups excluding carboxylic acids is 1. The van der Waals surface area contributed by atoms with Crippen LogP contribution in [0.1, 0.15) is 24.5 Å². The number of benzene rings is 2. The second kappa shape index (κ2) is 8.37. The normalized spacial score (nSPS) is 14.8. The van der Waals surface area contributed by atoms with E-state index in [1.807, 2.05) is 30.1 Å². The van der Waals surface area contributed by atoms with E-state index in [-0.39, 0.29) is 11.9 Å². The number of amides is 1. The Morgan fingerprint density at radius 3 is 2.65 bits per heavy atom. The van der Waals surface area contributed by atoms with Gasteiger partial charge in [-0.3, -0.25) is 9.69 Å². The summed E-state index contributed by atoms with van der Waals surface area (Å²) in [5, 5.41) is 0. The Kier molecular flexibility index (Phi) is 5.94. The van der Waals surface area contributed by atoms with Crippen molar-refractivity contribution in [3.05, 3.63) is 59.7 Å². The fourth-order valence-corrected chi connectivity index (χ4v) is 3.51. The lowest BCUT2D eigenvalue weighted by atomic mass is 10.0. The van der Waals surface area contributed by atoms with Gasteiger partial charge in [0.1, 0.15) is 5.75 Å². The van der Waals surface area contributed by atoms with Gasteiger partial charge in [-0.25, -0.2) is 0 Å². The number of anilines is 1. The van der Waals surface area contributed by atoms with E-state index in [9.17, 15) is 4.79 Å². The topological polar surface area (TPSA) is 32.8 Å². The van der Waals surface area contributed by atoms with E-state index in [1.54, 1.807) is 7.11 Å². The molecule has 0 aromatic heterocycles. The first-order valence-electron chi connectivity index (χ1n) is 9.30. The predicted molar refractivity (Wildman–Crippen MR) is 106 cm³/mol. The van der Waals surface area contributed by atoms with Crippen LogP contribution in [0, 0.1) is 0 Å². The van der Waals surface area contributed by atoms with Crippen molar-refractivity contribution in [2.45, 2.75) is 32.2 Å². The van der Waals surface area contributed by atoms with Crippen LogP contribution >= 0.6 is 0 Å². The molecule has 0 radical (unpaired) electrons. The molecule has 1 heterocycles. The number of carbonyl (C=O) groups is 1. The molecule has 4 nitrogen and oxygen atoms in total. The van der Waals surface area contributed by atoms with Crippen molar-refractivity contribution >= 4 is 11.6 Å². The monoisotopic (exact) mass is 352 g/mol. The van der Waals surface area contributed by atoms with Crippen molar-refractivity contribution in [2.75, 3.05) is 32.1 Å². The summed E-state index contributed by atoms with van der Waals surface area (Å²) < 4.78 is 5.21. The Morgan fingerprint density at radius 2 is 1.92 bits per heavy atom. The van der Waals surface area contributed by atoms with Gasteiger partial charge < -0.3 is 9.64 Å². The molecule has 1 amide bonds. The third-order valence-electron chi connectivity index (χ3n) is 5.24. The first-order valence-corrected chi connectivity index (χ1v) is 9.30. The summed E-state index contributed by atoms with van der Waals surface area (Å²) in [6, 6.07) is 16.7. The van der Waals surface area contributed by atoms with Crippen LogP contribution in [0.15, 0.2) is 48.5 Å². The molecule has 1 aliphatic heterocycles. The molecule has 1 unspecified atom stereocenters. The molecule has 0 saturated carbocycles. The minimum Gasteiger partial charge on any atom is -0.497 e. The van der Waals surface area contributed by atoms with Gasteiger partial charge in [-0.2, -0.15) is 0 Å². The number of nitrogens with zero attached hydrogens (tertiary/aromatic N) is 2. The summed E-state index contributed by atoms with van der Waals surface area (Å²) in [7, 11) is 3.71. The molecule has 2 aromatic carbocycles. The van der Waals surface area contributed by atoms with Crippen LogP contribution in [-0.2, 0) is 17.6 Å². The van der Waals surface area contributed by atoms with E-state index >= 15 is 0 Å². The lowest BCUT2D eigenvalue weighted by Crippen LogP contribution is -2.44. The van der Waals surface area contributed by atoms with E-state index in [1.165, 1.54) is 11.1 Å². The molecule has 1 atom stereocenters. The van der Waals surface area contributed by atoms with Gasteiger partial charge in [0.05, 0.1) is 13.7 Å². The van der Waals surface area contributed by atoms with Crippen LogP contribution < -0.4 is 9.64 Å². The first-order chi connectivity index (χ1) is 12.6. The summed E-state index contributed by atoms with van der Waals surface area (Å²) in [5.74, 6) is 1.05. The molecule has 0 aliphatic carbocycles. The van der Waals surface area contributed by atoms with Crippen molar-refractivity contribution in [2.24, 2.45) is 0 Å². The van der Waals surface area contributed by atoms with Gasteiger partial charge in [-0.05, 0) is 62.6 Å². The van der Waals surface area contributed by atoms with Crippen molar-refractivity contribution in [3.8, 4) is 5.75 Å². The van der Waals surface area contributed by atoms with Gasteiger partial charge in [0.2, 0.25) is 5.91 Å². The van der Waals surface area contributed by atoms with Gasteiger partial charge in [-0.1, -0.05) is 30.3 Å². The Hall–Kier alpha value is -2.33. The van der Waals surface area contributed by atoms with Crippen LogP contribution in [0.2, 0.25) is 0 Å². The maximum atomic E-state index is 12.9. The zero-order valence-electron chi connectivity index (χ0n) is 15.9. The molecular formula is C22H28N2O2. The number of rotatable bonds is 6. The summed E-state index contributed by atoms with van der Waals surface area (Å²) in [5.41, 5.74) is 3.61. The molecule has 2 aromatic rings. The predicted octanol–water partition coefficient (Wildman–Crippen LogP) is 3.54. The standard InChI is InChI=1S/C22H28N2O2/c1-17(15-18-10-12-20(26-3)13-11-18)23(2)16-22(25)24-14-6-8-19-7-4-5-9-21(19)24/h4-5,7,9-13,17H,6,8,14-16H2,1-3H3. The Morgan fingerprint density at radius 1 is 1.19 bits per heavy atom. The molecule has 0 spiro atoms. The van der Waals surface area contributed by atoms with Crippen LogP contribution in [0.25, 0.3) is 0 Å². The molecule has 4 heteroatoms. The number of para-hydroxylation sites is 1. The maximum absolute atomic E-state index is 12.9. The number of ether oxygens (including phenoxy) is 1. The van der Waals surface area contributed by atoms with E-state index in [0.29, 0.717) is 6.54 Å². The highest BCUT2D eigenvalue weighted by Crippen LogP contribution is 2.26. The molecule has 0 N–H and O–H groups in total. The van der Waals surface area contributed by atoms with Crippen LogP contribution in [0.4, 0.5) is 5.69 Å². The lowest BCUT2D eigenvalue weighted by molar-refractivity contribution is -0.120. The minimum atomic E-state index is 0.182. The van der Waals surface area contributed by atoms with E-state index in [2.05, 4.69) is 42.2 Å². The summed E-state index contributed by atoms with van der Waals surface area (Å²) in [6.07, 6.45) is 3.00. The van der Waals surface area contributed by atoms with Gasteiger partial charge in [0, 0.05) is 18.3 Å². The van der Waals surface area contributed by atoms with Gasteiger partial charge >= 0.3 is 0 Å². The maximum Gasteiger partial charge on any atom is 0.241 e. The minimum absolute atomic E-state index is 0.182. The fraction of sp³-hybridized carbons (Fsp3) is 0.409. The number of fused-ring (bicyclic) bond motifs is 1. The number of aryl methyl sites for hydroxylation is 1. The van der Waals surface area contributed by atoms with Crippen LogP contribution in [0.5, 0.6) is 5.75 Å². The highest BCUT2D eigenvalue weighted by atomic mass is 16.5.